The van der Waals surface area contributed by atoms with Gasteiger partial charge in [-0.3, -0.25) is 0 Å². The second kappa shape index (κ2) is 4.29. The third kappa shape index (κ3) is 2.27. The molecule has 2 aromatic rings. The van der Waals surface area contributed by atoms with E-state index in [0.29, 0.717) is 0 Å². The number of hydrogen-bond donors (Lipinski definition) is 0. The van der Waals surface area contributed by atoms with Crippen molar-refractivity contribution in [2.45, 2.75) is 4.63 Å². The van der Waals surface area contributed by atoms with E-state index in [-0.39, 0.29) is 0 Å². The van der Waals surface area contributed by atoms with Crippen molar-refractivity contribution in [3.05, 3.63) is 60.7 Å². The van der Waals surface area contributed by atoms with E-state index >= 15 is 0 Å². The van der Waals surface area contributed by atoms with Crippen molar-refractivity contribution in [3.63, 3.8) is 0 Å². The van der Waals surface area contributed by atoms with E-state index in [4.69, 9.17) is 17.0 Å². The van der Waals surface area contributed by atoms with Gasteiger partial charge in [0.25, 0.3) is 0 Å². The molecule has 0 aliphatic rings. The summed E-state index contributed by atoms with van der Waals surface area (Å²) in [7, 11) is 13.6. The summed E-state index contributed by atoms with van der Waals surface area (Å²) in [4.78, 5) is 0. The quantitative estimate of drug-likeness (QED) is 0.618. The fraction of sp³-hybridized carbons (Fsp3) is 0.0769. The van der Waals surface area contributed by atoms with E-state index in [9.17, 15) is 0 Å². The van der Waals surface area contributed by atoms with E-state index in [1.54, 1.807) is 0 Å². The molecule has 0 saturated carbocycles. The molecule has 0 fully saturated rings. The van der Waals surface area contributed by atoms with E-state index in [2.05, 4.69) is 0 Å². The topological polar surface area (TPSA) is 0 Å². The molecule has 0 saturated heterocycles. The van der Waals surface area contributed by atoms with E-state index in [1.165, 1.54) is 0 Å². The minimum atomic E-state index is -4.00. The van der Waals surface area contributed by atoms with Gasteiger partial charge in [-0.25, -0.2) is 0 Å². The van der Waals surface area contributed by atoms with Crippen molar-refractivity contribution >= 4 is 40.0 Å². The van der Waals surface area contributed by atoms with Crippen LogP contribution in [0.15, 0.2) is 60.7 Å². The van der Waals surface area contributed by atoms with Crippen LogP contribution in [-0.4, -0.2) is 16.4 Å². The van der Waals surface area contributed by atoms with Crippen LogP contribution in [0.2, 0.25) is 4.63 Å². The van der Waals surface area contributed by atoms with Gasteiger partial charge in [-0.05, 0) is 0 Å². The molecule has 2 aromatic carbocycles. The Hall–Kier alpha value is -0.0969. The predicted molar refractivity (Wildman–Crippen MR) is 75.5 cm³/mol. The second-order valence-corrected chi connectivity index (χ2v) is 34.4. The van der Waals surface area contributed by atoms with Gasteiger partial charge in [0.2, 0.25) is 0 Å². The average Bonchev–Trinajstić information content (AvgIpc) is 2.31. The number of rotatable bonds is 2. The van der Waals surface area contributed by atoms with Gasteiger partial charge in [0, 0.05) is 0 Å². The molecule has 0 unspecified atom stereocenters. The summed E-state index contributed by atoms with van der Waals surface area (Å²) < 4.78 is 4.20. The van der Waals surface area contributed by atoms with Crippen LogP contribution in [0.4, 0.5) is 0 Å². The zero-order chi connectivity index (χ0) is 11.7. The molecule has 0 aromatic heterocycles. The van der Waals surface area contributed by atoms with Gasteiger partial charge in [-0.15, -0.1) is 0 Å². The summed E-state index contributed by atoms with van der Waals surface area (Å²) in [5.74, 6) is 0. The van der Waals surface area contributed by atoms with Gasteiger partial charge in [0.05, 0.1) is 0 Å². The molecule has 0 aliphatic carbocycles. The maximum atomic E-state index is 6.82. The van der Waals surface area contributed by atoms with Gasteiger partial charge in [-0.1, -0.05) is 0 Å². The zero-order valence-corrected chi connectivity index (χ0v) is 14.0. The minimum absolute atomic E-state index is 1.09. The van der Waals surface area contributed by atoms with Crippen molar-refractivity contribution in [1.82, 2.24) is 0 Å². The van der Waals surface area contributed by atoms with Crippen LogP contribution >= 0.6 is 17.0 Å². The van der Waals surface area contributed by atoms with E-state index < -0.39 is 16.4 Å². The molecule has 0 bridgehead atoms. The third-order valence-electron chi connectivity index (χ3n) is 2.68. The SMILES string of the molecule is [CH3][Bi]([Cl])([Cl])([c]1ccccc1)[c]1ccccc1. The van der Waals surface area contributed by atoms with Crippen molar-refractivity contribution in [2.24, 2.45) is 0 Å². The van der Waals surface area contributed by atoms with Gasteiger partial charge in [0.15, 0.2) is 0 Å². The number of halogens is 2. The Morgan fingerprint density at radius 2 is 1.00 bits per heavy atom. The molecule has 16 heavy (non-hydrogen) atoms. The summed E-state index contributed by atoms with van der Waals surface area (Å²) in [6.45, 7) is 0. The first-order valence-corrected chi connectivity index (χ1v) is 20.6. The summed E-state index contributed by atoms with van der Waals surface area (Å²) in [5.41, 5.74) is 0. The molecular weight excluding hydrogens is 436 g/mol. The summed E-state index contributed by atoms with van der Waals surface area (Å²) in [5, 5.41) is 0. The molecule has 0 N–H and O–H groups in total. The van der Waals surface area contributed by atoms with Gasteiger partial charge in [-0.2, -0.15) is 0 Å². The van der Waals surface area contributed by atoms with Gasteiger partial charge in [0.1, 0.15) is 0 Å². The first-order chi connectivity index (χ1) is 7.49. The summed E-state index contributed by atoms with van der Waals surface area (Å²) in [6, 6.07) is 20.0. The van der Waals surface area contributed by atoms with E-state index in [0.717, 1.165) is 6.54 Å². The van der Waals surface area contributed by atoms with Gasteiger partial charge >= 0.3 is 105 Å². The first kappa shape index (κ1) is 12.4. The Balaban J connectivity index is 2.60. The molecule has 0 heterocycles. The number of hydrogen-bond acceptors (Lipinski definition) is 0. The van der Waals surface area contributed by atoms with Gasteiger partial charge < -0.3 is 0 Å². The zero-order valence-electron chi connectivity index (χ0n) is 8.98. The molecular formula is C13H13BiCl2. The van der Waals surface area contributed by atoms with Crippen LogP contribution in [0.3, 0.4) is 0 Å². The Morgan fingerprint density at radius 1 is 0.688 bits per heavy atom. The number of benzene rings is 2. The van der Waals surface area contributed by atoms with Crippen LogP contribution in [0, 0.1) is 0 Å². The summed E-state index contributed by atoms with van der Waals surface area (Å²) in [6.07, 6.45) is 0. The van der Waals surface area contributed by atoms with Crippen LogP contribution in [0.25, 0.3) is 0 Å². The molecule has 84 valence electrons. The first-order valence-electron chi connectivity index (χ1n) is 5.05. The fourth-order valence-corrected chi connectivity index (χ4v) is 13.4. The Morgan fingerprint density at radius 3 is 1.31 bits per heavy atom. The Kier molecular flexibility index (Phi) is 3.32. The monoisotopic (exact) mass is 448 g/mol. The Labute approximate surface area is 104 Å². The van der Waals surface area contributed by atoms with Crippen molar-refractivity contribution in [1.29, 1.82) is 0 Å². The van der Waals surface area contributed by atoms with Crippen molar-refractivity contribution < 1.29 is 0 Å². The normalized spacial score (nSPS) is 14.1. The molecule has 0 atom stereocenters. The standard InChI is InChI=1S/2C6H5.CH3.Bi.2ClH/c2*1-2-4-6-5-3-1;;;;/h2*1-5H;1H3;;2*1H/q;;;+2;;/p-2. The average molecular weight is 449 g/mol. The van der Waals surface area contributed by atoms with Crippen molar-refractivity contribution in [2.75, 3.05) is 0 Å². The maximum absolute atomic E-state index is 6.82. The van der Waals surface area contributed by atoms with Crippen LogP contribution in [-0.2, 0) is 0 Å². The fourth-order valence-electron chi connectivity index (χ4n) is 1.68. The molecule has 0 nitrogen and oxygen atoms in total. The molecule has 0 aliphatic heterocycles. The van der Waals surface area contributed by atoms with Crippen LogP contribution in [0.1, 0.15) is 0 Å². The second-order valence-electron chi connectivity index (χ2n) is 3.97. The molecule has 3 heteroatoms. The molecule has 2 rings (SSSR count). The Bertz CT molecular complexity index is 428. The third-order valence-corrected chi connectivity index (χ3v) is 20.9. The van der Waals surface area contributed by atoms with Crippen molar-refractivity contribution in [3.8, 4) is 0 Å². The summed E-state index contributed by atoms with van der Waals surface area (Å²) >= 11 is -4.00. The van der Waals surface area contributed by atoms with Crippen LogP contribution < -0.4 is 6.54 Å². The molecule has 0 spiro atoms. The molecule has 0 radical (unpaired) electrons. The van der Waals surface area contributed by atoms with Crippen LogP contribution in [0.5, 0.6) is 0 Å². The predicted octanol–water partition coefficient (Wildman–Crippen LogP) is 3.30. The van der Waals surface area contributed by atoms with E-state index in [1.807, 2.05) is 65.3 Å². The molecule has 0 amide bonds.